The van der Waals surface area contributed by atoms with Gasteiger partial charge < -0.3 is 9.32 Å². The van der Waals surface area contributed by atoms with Crippen LogP contribution in [0.4, 0.5) is 0 Å². The first-order valence-corrected chi connectivity index (χ1v) is 8.41. The van der Waals surface area contributed by atoms with E-state index in [0.717, 1.165) is 48.0 Å². The largest absolute Gasteiger partial charge is 0.451 e. The van der Waals surface area contributed by atoms with Crippen LogP contribution in [-0.2, 0) is 6.54 Å². The SMILES string of the molecule is Cc1cnn(CC2CCCN2C(=O)c2oc3ccccc3c2C)c1. The van der Waals surface area contributed by atoms with Gasteiger partial charge in [0.2, 0.25) is 0 Å². The quantitative estimate of drug-likeness (QED) is 0.740. The minimum Gasteiger partial charge on any atom is -0.451 e. The van der Waals surface area contributed by atoms with E-state index >= 15 is 0 Å². The molecule has 1 atom stereocenters. The Morgan fingerprint density at radius 2 is 2.17 bits per heavy atom. The number of likely N-dealkylation sites (tertiary alicyclic amines) is 1. The van der Waals surface area contributed by atoms with Crippen LogP contribution in [0, 0.1) is 13.8 Å². The van der Waals surface area contributed by atoms with Crippen molar-refractivity contribution in [3.8, 4) is 0 Å². The molecule has 1 amide bonds. The van der Waals surface area contributed by atoms with Crippen molar-refractivity contribution in [3.05, 3.63) is 53.5 Å². The molecule has 0 bridgehead atoms. The van der Waals surface area contributed by atoms with Crippen molar-refractivity contribution in [3.63, 3.8) is 0 Å². The molecular formula is C19H21N3O2. The van der Waals surface area contributed by atoms with Crippen molar-refractivity contribution in [2.45, 2.75) is 39.3 Å². The van der Waals surface area contributed by atoms with Crippen molar-refractivity contribution in [2.24, 2.45) is 0 Å². The van der Waals surface area contributed by atoms with Crippen LogP contribution in [0.3, 0.4) is 0 Å². The van der Waals surface area contributed by atoms with E-state index in [2.05, 4.69) is 5.10 Å². The van der Waals surface area contributed by atoms with Crippen molar-refractivity contribution in [1.29, 1.82) is 0 Å². The van der Waals surface area contributed by atoms with E-state index in [1.807, 2.05) is 60.1 Å². The molecule has 5 heteroatoms. The van der Waals surface area contributed by atoms with E-state index in [9.17, 15) is 4.79 Å². The van der Waals surface area contributed by atoms with Gasteiger partial charge in [0.1, 0.15) is 5.58 Å². The third kappa shape index (κ3) is 2.50. The molecule has 1 aromatic carbocycles. The summed E-state index contributed by atoms with van der Waals surface area (Å²) in [4.78, 5) is 15.0. The second-order valence-corrected chi connectivity index (χ2v) is 6.59. The zero-order chi connectivity index (χ0) is 16.7. The lowest BCUT2D eigenvalue weighted by atomic mass is 10.1. The second-order valence-electron chi connectivity index (χ2n) is 6.59. The lowest BCUT2D eigenvalue weighted by molar-refractivity contribution is 0.0690. The maximum absolute atomic E-state index is 13.0. The maximum Gasteiger partial charge on any atom is 0.290 e. The number of carbonyl (C=O) groups excluding carboxylic acids is 1. The first-order chi connectivity index (χ1) is 11.6. The third-order valence-electron chi connectivity index (χ3n) is 4.84. The number of aryl methyl sites for hydroxylation is 2. The van der Waals surface area contributed by atoms with Crippen LogP contribution in [0.2, 0.25) is 0 Å². The van der Waals surface area contributed by atoms with Crippen LogP contribution in [-0.4, -0.2) is 33.2 Å². The lowest BCUT2D eigenvalue weighted by Gasteiger charge is -2.24. The van der Waals surface area contributed by atoms with Crippen LogP contribution in [0.15, 0.2) is 41.1 Å². The van der Waals surface area contributed by atoms with Gasteiger partial charge in [0.25, 0.3) is 5.91 Å². The number of aromatic nitrogens is 2. The minimum atomic E-state index is -0.00456. The Balaban J connectivity index is 1.61. The van der Waals surface area contributed by atoms with Crippen LogP contribution in [0.25, 0.3) is 11.0 Å². The van der Waals surface area contributed by atoms with E-state index < -0.39 is 0 Å². The highest BCUT2D eigenvalue weighted by Gasteiger charge is 2.32. The molecule has 2 aromatic heterocycles. The van der Waals surface area contributed by atoms with E-state index in [-0.39, 0.29) is 11.9 Å². The van der Waals surface area contributed by atoms with Gasteiger partial charge in [-0.1, -0.05) is 18.2 Å². The highest BCUT2D eigenvalue weighted by Crippen LogP contribution is 2.28. The summed E-state index contributed by atoms with van der Waals surface area (Å²) in [6, 6.07) is 7.98. The molecule has 0 saturated carbocycles. The minimum absolute atomic E-state index is 0.00456. The fourth-order valence-electron chi connectivity index (χ4n) is 3.58. The summed E-state index contributed by atoms with van der Waals surface area (Å²) in [6.45, 7) is 5.50. The fourth-order valence-corrected chi connectivity index (χ4v) is 3.58. The van der Waals surface area contributed by atoms with Crippen molar-refractivity contribution in [2.75, 3.05) is 6.54 Å². The van der Waals surface area contributed by atoms with Crippen molar-refractivity contribution in [1.82, 2.24) is 14.7 Å². The van der Waals surface area contributed by atoms with Gasteiger partial charge in [-0.15, -0.1) is 0 Å². The Morgan fingerprint density at radius 1 is 1.33 bits per heavy atom. The van der Waals surface area contributed by atoms with E-state index in [1.165, 1.54) is 0 Å². The molecule has 1 fully saturated rings. The fraction of sp³-hybridized carbons (Fsp3) is 0.368. The molecule has 0 N–H and O–H groups in total. The summed E-state index contributed by atoms with van der Waals surface area (Å²) >= 11 is 0. The highest BCUT2D eigenvalue weighted by molar-refractivity contribution is 5.99. The van der Waals surface area contributed by atoms with Crippen molar-refractivity contribution < 1.29 is 9.21 Å². The van der Waals surface area contributed by atoms with E-state index in [4.69, 9.17) is 4.42 Å². The summed E-state index contributed by atoms with van der Waals surface area (Å²) in [5.74, 6) is 0.467. The van der Waals surface area contributed by atoms with Crippen LogP contribution in [0.5, 0.6) is 0 Å². The molecule has 0 radical (unpaired) electrons. The van der Waals surface area contributed by atoms with E-state index in [1.54, 1.807) is 0 Å². The number of hydrogen-bond acceptors (Lipinski definition) is 3. The van der Waals surface area contributed by atoms with Gasteiger partial charge in [0.15, 0.2) is 5.76 Å². The molecule has 4 rings (SSSR count). The molecule has 3 heterocycles. The number of para-hydroxylation sites is 1. The predicted octanol–water partition coefficient (Wildman–Crippen LogP) is 3.55. The number of amides is 1. The Kier molecular flexibility index (Phi) is 3.63. The Morgan fingerprint density at radius 3 is 2.92 bits per heavy atom. The van der Waals surface area contributed by atoms with Crippen LogP contribution < -0.4 is 0 Å². The number of carbonyl (C=O) groups is 1. The first kappa shape index (κ1) is 15.0. The zero-order valence-corrected chi connectivity index (χ0v) is 14.0. The van der Waals surface area contributed by atoms with E-state index in [0.29, 0.717) is 5.76 Å². The van der Waals surface area contributed by atoms with Gasteiger partial charge in [0.05, 0.1) is 18.8 Å². The highest BCUT2D eigenvalue weighted by atomic mass is 16.3. The number of benzene rings is 1. The molecule has 0 aliphatic carbocycles. The van der Waals surface area contributed by atoms with Crippen molar-refractivity contribution >= 4 is 16.9 Å². The Labute approximate surface area is 140 Å². The number of hydrogen-bond donors (Lipinski definition) is 0. The average Bonchev–Trinajstić information content (AvgIpc) is 3.28. The molecule has 1 unspecified atom stereocenters. The molecule has 0 spiro atoms. The number of rotatable bonds is 3. The monoisotopic (exact) mass is 323 g/mol. The third-order valence-corrected chi connectivity index (χ3v) is 4.84. The summed E-state index contributed by atoms with van der Waals surface area (Å²) < 4.78 is 7.79. The average molecular weight is 323 g/mol. The molecule has 5 nitrogen and oxygen atoms in total. The summed E-state index contributed by atoms with van der Waals surface area (Å²) in [5, 5.41) is 5.37. The molecule has 24 heavy (non-hydrogen) atoms. The summed E-state index contributed by atoms with van der Waals surface area (Å²) in [5.41, 5.74) is 2.84. The Bertz CT molecular complexity index is 893. The normalized spacial score (nSPS) is 17.8. The van der Waals surface area contributed by atoms with Gasteiger partial charge >= 0.3 is 0 Å². The van der Waals surface area contributed by atoms with Gasteiger partial charge in [-0.05, 0) is 38.3 Å². The molecule has 1 aliphatic heterocycles. The first-order valence-electron chi connectivity index (χ1n) is 8.41. The molecule has 1 saturated heterocycles. The lowest BCUT2D eigenvalue weighted by Crippen LogP contribution is -2.38. The second kappa shape index (κ2) is 5.82. The van der Waals surface area contributed by atoms with Crippen LogP contribution >= 0.6 is 0 Å². The number of nitrogens with zero attached hydrogens (tertiary/aromatic N) is 3. The van der Waals surface area contributed by atoms with Gasteiger partial charge in [-0.2, -0.15) is 5.10 Å². The zero-order valence-electron chi connectivity index (χ0n) is 14.0. The van der Waals surface area contributed by atoms with Gasteiger partial charge in [-0.25, -0.2) is 0 Å². The summed E-state index contributed by atoms with van der Waals surface area (Å²) in [7, 11) is 0. The summed E-state index contributed by atoms with van der Waals surface area (Å²) in [6.07, 6.45) is 5.90. The van der Waals surface area contributed by atoms with Gasteiger partial charge in [-0.3, -0.25) is 9.48 Å². The molecule has 3 aromatic rings. The van der Waals surface area contributed by atoms with Crippen LogP contribution in [0.1, 0.15) is 34.5 Å². The molecule has 124 valence electrons. The predicted molar refractivity (Wildman–Crippen MR) is 92.0 cm³/mol. The maximum atomic E-state index is 13.0. The standard InChI is InChI=1S/C19H21N3O2/c1-13-10-20-21(11-13)12-15-6-5-9-22(15)19(23)18-14(2)16-7-3-4-8-17(16)24-18/h3-4,7-8,10-11,15H,5-6,9,12H2,1-2H3. The molecule has 1 aliphatic rings. The molecular weight excluding hydrogens is 302 g/mol. The number of fused-ring (bicyclic) bond motifs is 1. The topological polar surface area (TPSA) is 51.3 Å². The Hall–Kier alpha value is -2.56. The smallest absolute Gasteiger partial charge is 0.290 e. The number of furan rings is 1. The van der Waals surface area contributed by atoms with Gasteiger partial charge in [0, 0.05) is 23.7 Å².